The van der Waals surface area contributed by atoms with Gasteiger partial charge in [0.05, 0.1) is 27.3 Å². The van der Waals surface area contributed by atoms with Crippen molar-refractivity contribution in [1.82, 2.24) is 0 Å². The fraction of sp³-hybridized carbons (Fsp3) is 0.222. The number of sulfone groups is 1. The molecule has 2 N–H and O–H groups in total. The topological polar surface area (TPSA) is 92.3 Å². The number of benzene rings is 2. The lowest BCUT2D eigenvalue weighted by molar-refractivity contribution is -0.116. The van der Waals surface area contributed by atoms with Crippen molar-refractivity contribution in [1.29, 1.82) is 0 Å². The first-order valence-electron chi connectivity index (χ1n) is 8.22. The number of thioether (sulfide) groups is 1. The minimum Gasteiger partial charge on any atom is -0.324 e. The molecule has 10 heteroatoms. The molecular weight excluding hydrogens is 427 g/mol. The summed E-state index contributed by atoms with van der Waals surface area (Å²) in [5.41, 5.74) is 0.490. The molecule has 3 rings (SSSR count). The number of hydrogen-bond acceptors (Lipinski definition) is 5. The molecule has 0 aliphatic carbocycles. The van der Waals surface area contributed by atoms with Crippen molar-refractivity contribution in [3.8, 4) is 0 Å². The van der Waals surface area contributed by atoms with Crippen LogP contribution in [0, 0.1) is 5.82 Å². The average molecular weight is 443 g/mol. The van der Waals surface area contributed by atoms with E-state index in [1.54, 1.807) is 0 Å². The van der Waals surface area contributed by atoms with E-state index >= 15 is 0 Å². The molecule has 0 fully saturated rings. The normalized spacial score (nSPS) is 14.8. The number of rotatable bonds is 5. The predicted octanol–water partition coefficient (Wildman–Crippen LogP) is 3.71. The van der Waals surface area contributed by atoms with E-state index in [-0.39, 0.29) is 33.7 Å². The Balaban J connectivity index is 1.73. The van der Waals surface area contributed by atoms with Gasteiger partial charge in [-0.3, -0.25) is 9.59 Å². The lowest BCUT2D eigenvalue weighted by Gasteiger charge is -2.18. The largest absolute Gasteiger partial charge is 0.324 e. The number of carbonyl (C=O) groups excluding carboxylic acids is 2. The standard InChI is InChI=1S/C18H16ClFN2O4S2/c1-10(6-17(23)21-14-4-2-11(19)7-13(14)20)28(25,26)12-3-5-15-16(8-12)27-9-18(24)22-15/h2-5,7-8,10H,6,9H2,1H3,(H,21,23)(H,22,24). The molecule has 0 saturated carbocycles. The van der Waals surface area contributed by atoms with Gasteiger partial charge in [-0.2, -0.15) is 0 Å². The smallest absolute Gasteiger partial charge is 0.234 e. The van der Waals surface area contributed by atoms with Crippen molar-refractivity contribution in [2.45, 2.75) is 28.4 Å². The van der Waals surface area contributed by atoms with Gasteiger partial charge in [-0.1, -0.05) is 11.6 Å². The zero-order valence-corrected chi connectivity index (χ0v) is 17.1. The third-order valence-electron chi connectivity index (χ3n) is 4.12. The Morgan fingerprint density at radius 1 is 1.32 bits per heavy atom. The van der Waals surface area contributed by atoms with Gasteiger partial charge < -0.3 is 10.6 Å². The van der Waals surface area contributed by atoms with Crippen molar-refractivity contribution < 1.29 is 22.4 Å². The summed E-state index contributed by atoms with van der Waals surface area (Å²) in [5, 5.41) is 4.19. The number of nitrogens with one attached hydrogen (secondary N) is 2. The monoisotopic (exact) mass is 442 g/mol. The molecule has 148 valence electrons. The van der Waals surface area contributed by atoms with Crippen LogP contribution in [0.15, 0.2) is 46.2 Å². The van der Waals surface area contributed by atoms with E-state index in [2.05, 4.69) is 10.6 Å². The summed E-state index contributed by atoms with van der Waals surface area (Å²) >= 11 is 6.92. The quantitative estimate of drug-likeness (QED) is 0.736. The third-order valence-corrected chi connectivity index (χ3v) is 7.55. The van der Waals surface area contributed by atoms with Crippen LogP contribution in [0.2, 0.25) is 5.02 Å². The zero-order valence-electron chi connectivity index (χ0n) is 14.7. The number of amides is 2. The van der Waals surface area contributed by atoms with Crippen LogP contribution in [0.1, 0.15) is 13.3 Å². The van der Waals surface area contributed by atoms with Gasteiger partial charge in [0, 0.05) is 16.3 Å². The molecular formula is C18H16ClFN2O4S2. The van der Waals surface area contributed by atoms with Crippen molar-refractivity contribution >= 4 is 56.4 Å². The molecule has 0 spiro atoms. The van der Waals surface area contributed by atoms with Crippen LogP contribution >= 0.6 is 23.4 Å². The third kappa shape index (κ3) is 4.48. The van der Waals surface area contributed by atoms with Gasteiger partial charge in [-0.05, 0) is 43.3 Å². The summed E-state index contributed by atoms with van der Waals surface area (Å²) in [4.78, 5) is 24.3. The van der Waals surface area contributed by atoms with E-state index in [1.165, 1.54) is 49.0 Å². The van der Waals surface area contributed by atoms with Gasteiger partial charge in [-0.25, -0.2) is 12.8 Å². The highest BCUT2D eigenvalue weighted by atomic mass is 35.5. The molecule has 2 aromatic carbocycles. The van der Waals surface area contributed by atoms with E-state index in [0.717, 1.165) is 6.07 Å². The number of anilines is 2. The van der Waals surface area contributed by atoms with E-state index in [1.807, 2.05) is 0 Å². The number of hydrogen-bond donors (Lipinski definition) is 2. The first kappa shape index (κ1) is 20.6. The summed E-state index contributed by atoms with van der Waals surface area (Å²) in [6.45, 7) is 1.42. The maximum absolute atomic E-state index is 13.8. The van der Waals surface area contributed by atoms with Gasteiger partial charge in [0.15, 0.2) is 9.84 Å². The summed E-state index contributed by atoms with van der Waals surface area (Å²) < 4.78 is 39.4. The van der Waals surface area contributed by atoms with Gasteiger partial charge in [0.25, 0.3) is 0 Å². The van der Waals surface area contributed by atoms with Crippen molar-refractivity contribution in [3.05, 3.63) is 47.2 Å². The molecule has 0 aromatic heterocycles. The maximum Gasteiger partial charge on any atom is 0.234 e. The Morgan fingerprint density at radius 3 is 2.79 bits per heavy atom. The average Bonchev–Trinajstić information content (AvgIpc) is 2.63. The molecule has 6 nitrogen and oxygen atoms in total. The fourth-order valence-electron chi connectivity index (χ4n) is 2.63. The predicted molar refractivity (Wildman–Crippen MR) is 107 cm³/mol. The maximum atomic E-state index is 13.8. The molecule has 1 aliphatic rings. The Labute approximate surface area is 170 Å². The molecule has 0 radical (unpaired) electrons. The Kier molecular flexibility index (Phi) is 5.97. The number of halogens is 2. The second kappa shape index (κ2) is 8.10. The summed E-state index contributed by atoms with van der Waals surface area (Å²) in [6, 6.07) is 8.20. The molecule has 1 aliphatic heterocycles. The van der Waals surface area contributed by atoms with Crippen LogP contribution in [-0.4, -0.2) is 31.2 Å². The summed E-state index contributed by atoms with van der Waals surface area (Å²) in [6.07, 6.45) is -0.342. The van der Waals surface area contributed by atoms with Gasteiger partial charge in [0.2, 0.25) is 11.8 Å². The van der Waals surface area contributed by atoms with Gasteiger partial charge >= 0.3 is 0 Å². The van der Waals surface area contributed by atoms with E-state index in [4.69, 9.17) is 11.6 Å². The fourth-order valence-corrected chi connectivity index (χ4v) is 5.08. The minimum atomic E-state index is -3.79. The lowest BCUT2D eigenvalue weighted by atomic mass is 10.2. The van der Waals surface area contributed by atoms with Crippen molar-refractivity contribution in [2.75, 3.05) is 16.4 Å². The van der Waals surface area contributed by atoms with Crippen LogP contribution < -0.4 is 10.6 Å². The lowest BCUT2D eigenvalue weighted by Crippen LogP contribution is -2.25. The SMILES string of the molecule is CC(CC(=O)Nc1ccc(Cl)cc1F)S(=O)(=O)c1ccc2c(c1)SCC(=O)N2. The van der Waals surface area contributed by atoms with Crippen molar-refractivity contribution in [3.63, 3.8) is 0 Å². The minimum absolute atomic E-state index is 0.0628. The molecule has 1 unspecified atom stereocenters. The molecule has 2 amide bonds. The zero-order chi connectivity index (χ0) is 20.5. The van der Waals surface area contributed by atoms with Crippen molar-refractivity contribution in [2.24, 2.45) is 0 Å². The van der Waals surface area contributed by atoms with E-state index in [9.17, 15) is 22.4 Å². The Bertz CT molecular complexity index is 1060. The second-order valence-corrected chi connectivity index (χ2v) is 10.0. The first-order valence-corrected chi connectivity index (χ1v) is 11.1. The Morgan fingerprint density at radius 2 is 2.07 bits per heavy atom. The molecule has 1 heterocycles. The van der Waals surface area contributed by atoms with Gasteiger partial charge in [0.1, 0.15) is 5.82 Å². The van der Waals surface area contributed by atoms with Crippen LogP contribution in [0.3, 0.4) is 0 Å². The van der Waals surface area contributed by atoms with E-state index in [0.29, 0.717) is 10.6 Å². The van der Waals surface area contributed by atoms with Crippen LogP contribution in [0.25, 0.3) is 0 Å². The molecule has 0 saturated heterocycles. The van der Waals surface area contributed by atoms with Crippen LogP contribution in [-0.2, 0) is 19.4 Å². The number of carbonyl (C=O) groups is 2. The molecule has 1 atom stereocenters. The first-order chi connectivity index (χ1) is 13.2. The molecule has 28 heavy (non-hydrogen) atoms. The van der Waals surface area contributed by atoms with Gasteiger partial charge in [-0.15, -0.1) is 11.8 Å². The summed E-state index contributed by atoms with van der Waals surface area (Å²) in [7, 11) is -3.79. The van der Waals surface area contributed by atoms with Crippen LogP contribution in [0.5, 0.6) is 0 Å². The summed E-state index contributed by atoms with van der Waals surface area (Å²) in [5.74, 6) is -1.27. The van der Waals surface area contributed by atoms with Crippen LogP contribution in [0.4, 0.5) is 15.8 Å². The highest BCUT2D eigenvalue weighted by Gasteiger charge is 2.27. The second-order valence-electron chi connectivity index (χ2n) is 6.23. The molecule has 2 aromatic rings. The highest BCUT2D eigenvalue weighted by molar-refractivity contribution is 8.00. The Hall–Kier alpha value is -2.10. The number of fused-ring (bicyclic) bond motifs is 1. The highest BCUT2D eigenvalue weighted by Crippen LogP contribution is 2.34. The van der Waals surface area contributed by atoms with E-state index < -0.39 is 26.8 Å². The molecule has 0 bridgehead atoms.